The number of halogens is 1. The van der Waals surface area contributed by atoms with Gasteiger partial charge in [0.2, 0.25) is 0 Å². The molecular formula is C21H35IN4O4. The summed E-state index contributed by atoms with van der Waals surface area (Å²) in [7, 11) is 3.31. The normalized spacial score (nSPS) is 13.7. The van der Waals surface area contributed by atoms with Gasteiger partial charge in [-0.05, 0) is 52.7 Å². The summed E-state index contributed by atoms with van der Waals surface area (Å²) in [5, 5.41) is 6.47. The first-order valence-electron chi connectivity index (χ1n) is 10.1. The van der Waals surface area contributed by atoms with E-state index in [0.29, 0.717) is 37.2 Å². The van der Waals surface area contributed by atoms with Gasteiger partial charge in [-0.15, -0.1) is 24.0 Å². The fraction of sp³-hybridized carbons (Fsp3) is 0.619. The van der Waals surface area contributed by atoms with Crippen LogP contribution in [0.15, 0.2) is 23.2 Å². The highest BCUT2D eigenvalue weighted by molar-refractivity contribution is 14.0. The topological polar surface area (TPSA) is 84.4 Å². The van der Waals surface area contributed by atoms with Crippen molar-refractivity contribution in [3.8, 4) is 11.5 Å². The number of nitrogens with one attached hydrogen (secondary N) is 2. The molecule has 1 aromatic carbocycles. The number of benzene rings is 1. The highest BCUT2D eigenvalue weighted by atomic mass is 127. The number of aliphatic imine (C=N–C) groups is 1. The van der Waals surface area contributed by atoms with Crippen LogP contribution in [-0.2, 0) is 4.74 Å². The van der Waals surface area contributed by atoms with Crippen molar-refractivity contribution in [1.82, 2.24) is 10.2 Å². The summed E-state index contributed by atoms with van der Waals surface area (Å²) in [6, 6.07) is 5.89. The molecule has 0 aromatic heterocycles. The highest BCUT2D eigenvalue weighted by Crippen LogP contribution is 2.30. The van der Waals surface area contributed by atoms with Crippen LogP contribution in [0.3, 0.4) is 0 Å². The van der Waals surface area contributed by atoms with E-state index in [9.17, 15) is 4.79 Å². The number of methoxy groups -OCH3 is 1. The third-order valence-corrected chi connectivity index (χ3v) is 4.21. The van der Waals surface area contributed by atoms with E-state index in [1.54, 1.807) is 19.1 Å². The molecule has 1 aliphatic carbocycles. The number of ether oxygens (including phenoxy) is 3. The summed E-state index contributed by atoms with van der Waals surface area (Å²) in [5.41, 5.74) is 0.326. The molecule has 0 saturated heterocycles. The number of carbonyl (C=O) groups is 1. The van der Waals surface area contributed by atoms with Crippen molar-refractivity contribution in [3.05, 3.63) is 18.2 Å². The Bertz CT molecular complexity index is 717. The lowest BCUT2D eigenvalue weighted by atomic mass is 10.2. The van der Waals surface area contributed by atoms with Crippen molar-refractivity contribution in [2.45, 2.75) is 52.2 Å². The molecule has 0 radical (unpaired) electrons. The second kappa shape index (κ2) is 12.1. The van der Waals surface area contributed by atoms with Crippen molar-refractivity contribution >= 4 is 41.7 Å². The Balaban J connectivity index is 0.00000450. The zero-order chi connectivity index (χ0) is 21.4. The van der Waals surface area contributed by atoms with Crippen LogP contribution in [0.2, 0.25) is 0 Å². The Morgan fingerprint density at radius 2 is 1.97 bits per heavy atom. The van der Waals surface area contributed by atoms with Crippen molar-refractivity contribution in [2.24, 2.45) is 4.99 Å². The molecule has 8 nitrogen and oxygen atoms in total. The molecule has 1 amide bonds. The summed E-state index contributed by atoms with van der Waals surface area (Å²) in [4.78, 5) is 18.5. The Labute approximate surface area is 196 Å². The molecule has 0 atom stereocenters. The summed E-state index contributed by atoms with van der Waals surface area (Å²) >= 11 is 0. The minimum absolute atomic E-state index is 0. The fourth-order valence-corrected chi connectivity index (χ4v) is 2.76. The van der Waals surface area contributed by atoms with Gasteiger partial charge >= 0.3 is 6.09 Å². The molecule has 1 fully saturated rings. The number of carbonyl (C=O) groups excluding carboxylic acids is 1. The first-order chi connectivity index (χ1) is 13.8. The van der Waals surface area contributed by atoms with Gasteiger partial charge in [-0.2, -0.15) is 0 Å². The van der Waals surface area contributed by atoms with E-state index >= 15 is 0 Å². The summed E-state index contributed by atoms with van der Waals surface area (Å²) in [6.45, 7) is 9.25. The summed E-state index contributed by atoms with van der Waals surface area (Å²) in [6.07, 6.45) is 1.79. The quantitative estimate of drug-likeness (QED) is 0.297. The number of guanidine groups is 1. The van der Waals surface area contributed by atoms with E-state index in [1.165, 1.54) is 0 Å². The van der Waals surface area contributed by atoms with Gasteiger partial charge < -0.3 is 29.7 Å². The van der Waals surface area contributed by atoms with Gasteiger partial charge in [0.15, 0.2) is 17.5 Å². The SMILES string of the molecule is CCOc1ccc(NC(=NC)NCCN(C(=O)OC(C)(C)C)C2CC2)cc1OC.I. The maximum atomic E-state index is 12.4. The average Bonchev–Trinajstić information content (AvgIpc) is 3.48. The van der Waals surface area contributed by atoms with Crippen molar-refractivity contribution < 1.29 is 19.0 Å². The lowest BCUT2D eigenvalue weighted by Crippen LogP contribution is -2.43. The van der Waals surface area contributed by atoms with Gasteiger partial charge in [0.05, 0.1) is 13.7 Å². The van der Waals surface area contributed by atoms with Crippen LogP contribution >= 0.6 is 24.0 Å². The molecule has 2 N–H and O–H groups in total. The van der Waals surface area contributed by atoms with E-state index in [-0.39, 0.29) is 36.1 Å². The molecule has 1 saturated carbocycles. The lowest BCUT2D eigenvalue weighted by Gasteiger charge is -2.27. The Kier molecular flexibility index (Phi) is 10.5. The molecular weight excluding hydrogens is 499 g/mol. The number of nitrogens with zero attached hydrogens (tertiary/aromatic N) is 2. The van der Waals surface area contributed by atoms with Crippen LogP contribution in [0, 0.1) is 0 Å². The molecule has 0 aliphatic heterocycles. The number of rotatable bonds is 8. The Hall–Kier alpha value is -1.91. The van der Waals surface area contributed by atoms with Crippen LogP contribution in [0.25, 0.3) is 0 Å². The average molecular weight is 534 g/mol. The molecule has 30 heavy (non-hydrogen) atoms. The summed E-state index contributed by atoms with van der Waals surface area (Å²) in [5.74, 6) is 1.95. The number of hydrogen-bond acceptors (Lipinski definition) is 5. The number of amides is 1. The first kappa shape index (κ1) is 26.1. The van der Waals surface area contributed by atoms with E-state index in [2.05, 4.69) is 15.6 Å². The van der Waals surface area contributed by atoms with Gasteiger partial charge in [0, 0.05) is 37.9 Å². The van der Waals surface area contributed by atoms with E-state index in [1.807, 2.05) is 45.9 Å². The maximum absolute atomic E-state index is 12.4. The van der Waals surface area contributed by atoms with Gasteiger partial charge in [0.1, 0.15) is 5.60 Å². The summed E-state index contributed by atoms with van der Waals surface area (Å²) < 4.78 is 16.4. The number of hydrogen-bond donors (Lipinski definition) is 2. The fourth-order valence-electron chi connectivity index (χ4n) is 2.76. The lowest BCUT2D eigenvalue weighted by molar-refractivity contribution is 0.0238. The first-order valence-corrected chi connectivity index (χ1v) is 10.1. The maximum Gasteiger partial charge on any atom is 0.410 e. The van der Waals surface area contributed by atoms with Crippen LogP contribution in [0.1, 0.15) is 40.5 Å². The predicted octanol–water partition coefficient (Wildman–Crippen LogP) is 4.10. The third kappa shape index (κ3) is 8.45. The van der Waals surface area contributed by atoms with Crippen molar-refractivity contribution in [3.63, 3.8) is 0 Å². The van der Waals surface area contributed by atoms with Crippen LogP contribution < -0.4 is 20.1 Å². The smallest absolute Gasteiger partial charge is 0.410 e. The number of anilines is 1. The molecule has 0 unspecified atom stereocenters. The Morgan fingerprint density at radius 3 is 2.50 bits per heavy atom. The molecule has 0 spiro atoms. The molecule has 2 rings (SSSR count). The van der Waals surface area contributed by atoms with Crippen LogP contribution in [0.5, 0.6) is 11.5 Å². The molecule has 9 heteroatoms. The largest absolute Gasteiger partial charge is 0.493 e. The highest BCUT2D eigenvalue weighted by Gasteiger charge is 2.34. The molecule has 0 heterocycles. The van der Waals surface area contributed by atoms with Crippen LogP contribution in [-0.4, -0.2) is 62.4 Å². The minimum atomic E-state index is -0.498. The minimum Gasteiger partial charge on any atom is -0.493 e. The standard InChI is InChI=1S/C21H34N4O4.HI/c1-7-28-17-11-8-15(14-18(17)27-6)24-19(22-5)23-12-13-25(16-9-10-16)20(26)29-21(2,3)4;/h8,11,14,16H,7,9-10,12-13H2,1-6H3,(H2,22,23,24);1H. The van der Waals surface area contributed by atoms with E-state index in [4.69, 9.17) is 14.2 Å². The molecule has 1 aromatic rings. The van der Waals surface area contributed by atoms with Crippen molar-refractivity contribution in [1.29, 1.82) is 0 Å². The Morgan fingerprint density at radius 1 is 1.27 bits per heavy atom. The molecule has 170 valence electrons. The monoisotopic (exact) mass is 534 g/mol. The zero-order valence-electron chi connectivity index (χ0n) is 18.8. The second-order valence-corrected chi connectivity index (χ2v) is 7.83. The van der Waals surface area contributed by atoms with Gasteiger partial charge in [0.25, 0.3) is 0 Å². The second-order valence-electron chi connectivity index (χ2n) is 7.83. The van der Waals surface area contributed by atoms with E-state index in [0.717, 1.165) is 18.5 Å². The van der Waals surface area contributed by atoms with Gasteiger partial charge in [-0.3, -0.25) is 4.99 Å². The van der Waals surface area contributed by atoms with Gasteiger partial charge in [-0.25, -0.2) is 4.79 Å². The van der Waals surface area contributed by atoms with Gasteiger partial charge in [-0.1, -0.05) is 0 Å². The van der Waals surface area contributed by atoms with E-state index < -0.39 is 5.60 Å². The zero-order valence-corrected chi connectivity index (χ0v) is 21.1. The molecule has 1 aliphatic rings. The van der Waals surface area contributed by atoms with Crippen LogP contribution in [0.4, 0.5) is 10.5 Å². The third-order valence-electron chi connectivity index (χ3n) is 4.21. The van der Waals surface area contributed by atoms with Crippen molar-refractivity contribution in [2.75, 3.05) is 39.2 Å². The molecule has 0 bridgehead atoms. The predicted molar refractivity (Wildman–Crippen MR) is 131 cm³/mol.